The number of amidine groups is 1. The summed E-state index contributed by atoms with van der Waals surface area (Å²) in [6.45, 7) is 5.94. The van der Waals surface area contributed by atoms with Crippen molar-refractivity contribution in [1.29, 1.82) is 0 Å². The lowest BCUT2D eigenvalue weighted by Gasteiger charge is -2.26. The number of aromatic nitrogens is 1. The van der Waals surface area contributed by atoms with Gasteiger partial charge in [-0.1, -0.05) is 19.0 Å². The standard InChI is InChI=1S/C15H22N4O2/c1-3-15(4-2)7-8-19(10-15)14(20)12-6-5-11(9-17-12)13(16)18-21/h5-6,9,21H,3-4,7-8,10H2,1-2H3,(H2,16,18). The average Bonchev–Trinajstić information content (AvgIpc) is 2.98. The fraction of sp³-hybridized carbons (Fsp3) is 0.533. The van der Waals surface area contributed by atoms with Crippen LogP contribution < -0.4 is 5.73 Å². The smallest absolute Gasteiger partial charge is 0.272 e. The van der Waals surface area contributed by atoms with Gasteiger partial charge in [-0.2, -0.15) is 0 Å². The first-order chi connectivity index (χ1) is 10.0. The summed E-state index contributed by atoms with van der Waals surface area (Å²) < 4.78 is 0. The van der Waals surface area contributed by atoms with Crippen LogP contribution >= 0.6 is 0 Å². The quantitative estimate of drug-likeness (QED) is 0.383. The molecule has 0 unspecified atom stereocenters. The van der Waals surface area contributed by atoms with Gasteiger partial charge < -0.3 is 15.8 Å². The van der Waals surface area contributed by atoms with Crippen LogP contribution in [0.5, 0.6) is 0 Å². The molecule has 0 aliphatic carbocycles. The van der Waals surface area contributed by atoms with Crippen molar-refractivity contribution in [2.24, 2.45) is 16.3 Å². The molecule has 1 saturated heterocycles. The summed E-state index contributed by atoms with van der Waals surface area (Å²) in [4.78, 5) is 18.5. The number of nitrogens with two attached hydrogens (primary N) is 1. The van der Waals surface area contributed by atoms with E-state index in [1.165, 1.54) is 6.20 Å². The Balaban J connectivity index is 2.11. The second-order valence-corrected chi connectivity index (χ2v) is 5.60. The molecule has 1 aliphatic heterocycles. The van der Waals surface area contributed by atoms with Crippen molar-refractivity contribution in [1.82, 2.24) is 9.88 Å². The summed E-state index contributed by atoms with van der Waals surface area (Å²) in [6.07, 6.45) is 4.67. The fourth-order valence-electron chi connectivity index (χ4n) is 2.83. The summed E-state index contributed by atoms with van der Waals surface area (Å²) in [5, 5.41) is 11.5. The Morgan fingerprint density at radius 1 is 1.48 bits per heavy atom. The van der Waals surface area contributed by atoms with Gasteiger partial charge in [-0.3, -0.25) is 9.78 Å². The van der Waals surface area contributed by atoms with E-state index in [1.807, 2.05) is 4.90 Å². The number of nitrogens with zero attached hydrogens (tertiary/aromatic N) is 3. The predicted molar refractivity (Wildman–Crippen MR) is 80.3 cm³/mol. The highest BCUT2D eigenvalue weighted by Crippen LogP contribution is 2.37. The zero-order valence-electron chi connectivity index (χ0n) is 12.5. The van der Waals surface area contributed by atoms with Gasteiger partial charge in [0.1, 0.15) is 5.69 Å². The topological polar surface area (TPSA) is 91.8 Å². The van der Waals surface area contributed by atoms with Crippen molar-refractivity contribution in [3.63, 3.8) is 0 Å². The van der Waals surface area contributed by atoms with E-state index < -0.39 is 0 Å². The third kappa shape index (κ3) is 2.99. The number of rotatable bonds is 4. The molecule has 0 aromatic carbocycles. The Kier molecular flexibility index (Phi) is 4.45. The molecular weight excluding hydrogens is 268 g/mol. The fourth-order valence-corrected chi connectivity index (χ4v) is 2.83. The van der Waals surface area contributed by atoms with Crippen molar-refractivity contribution < 1.29 is 10.0 Å². The highest BCUT2D eigenvalue weighted by atomic mass is 16.4. The van der Waals surface area contributed by atoms with Crippen molar-refractivity contribution >= 4 is 11.7 Å². The van der Waals surface area contributed by atoms with Gasteiger partial charge in [-0.15, -0.1) is 0 Å². The maximum absolute atomic E-state index is 12.5. The Morgan fingerprint density at radius 3 is 2.67 bits per heavy atom. The molecule has 114 valence electrons. The first-order valence-electron chi connectivity index (χ1n) is 7.28. The number of pyridine rings is 1. The van der Waals surface area contributed by atoms with Crippen LogP contribution in [0.15, 0.2) is 23.5 Å². The lowest BCUT2D eigenvalue weighted by atomic mass is 9.82. The third-order valence-corrected chi connectivity index (χ3v) is 4.61. The predicted octanol–water partition coefficient (Wildman–Crippen LogP) is 1.83. The molecule has 0 atom stereocenters. The Morgan fingerprint density at radius 2 is 2.19 bits per heavy atom. The third-order valence-electron chi connectivity index (χ3n) is 4.61. The molecule has 6 nitrogen and oxygen atoms in total. The number of amides is 1. The number of likely N-dealkylation sites (tertiary alicyclic amines) is 1. The van der Waals surface area contributed by atoms with Crippen molar-refractivity contribution in [3.8, 4) is 0 Å². The minimum Gasteiger partial charge on any atom is -0.409 e. The van der Waals surface area contributed by atoms with Crippen LogP contribution in [0.2, 0.25) is 0 Å². The van der Waals surface area contributed by atoms with Crippen LogP contribution in [-0.4, -0.2) is 39.9 Å². The molecule has 2 rings (SSSR count). The van der Waals surface area contributed by atoms with E-state index in [-0.39, 0.29) is 17.2 Å². The van der Waals surface area contributed by atoms with Gasteiger partial charge in [0.15, 0.2) is 5.84 Å². The molecule has 1 fully saturated rings. The van der Waals surface area contributed by atoms with E-state index >= 15 is 0 Å². The summed E-state index contributed by atoms with van der Waals surface area (Å²) in [7, 11) is 0. The maximum Gasteiger partial charge on any atom is 0.272 e. The molecule has 3 N–H and O–H groups in total. The Bertz CT molecular complexity index is 535. The van der Waals surface area contributed by atoms with Crippen LogP contribution in [0, 0.1) is 5.41 Å². The lowest BCUT2D eigenvalue weighted by molar-refractivity contribution is 0.0764. The highest BCUT2D eigenvalue weighted by molar-refractivity contribution is 5.98. The van der Waals surface area contributed by atoms with Gasteiger partial charge in [0.05, 0.1) is 0 Å². The summed E-state index contributed by atoms with van der Waals surface area (Å²) in [6, 6.07) is 3.26. The molecule has 2 heterocycles. The van der Waals surface area contributed by atoms with E-state index in [1.54, 1.807) is 12.1 Å². The molecule has 1 aliphatic rings. The van der Waals surface area contributed by atoms with Gasteiger partial charge in [-0.05, 0) is 36.8 Å². The van der Waals surface area contributed by atoms with Crippen LogP contribution in [0.3, 0.4) is 0 Å². The number of oxime groups is 1. The van der Waals surface area contributed by atoms with Crippen molar-refractivity contribution in [2.45, 2.75) is 33.1 Å². The van der Waals surface area contributed by atoms with E-state index in [9.17, 15) is 4.79 Å². The monoisotopic (exact) mass is 290 g/mol. The van der Waals surface area contributed by atoms with Gasteiger partial charge in [0.2, 0.25) is 0 Å². The second-order valence-electron chi connectivity index (χ2n) is 5.60. The average molecular weight is 290 g/mol. The molecule has 6 heteroatoms. The van der Waals surface area contributed by atoms with E-state index in [4.69, 9.17) is 10.9 Å². The largest absolute Gasteiger partial charge is 0.409 e. The summed E-state index contributed by atoms with van der Waals surface area (Å²) in [5.74, 6) is -0.0662. The highest BCUT2D eigenvalue weighted by Gasteiger charge is 2.37. The second kappa shape index (κ2) is 6.11. The molecule has 1 aromatic rings. The SMILES string of the molecule is CCC1(CC)CCN(C(=O)c2ccc(/C(N)=N/O)cn2)C1. The van der Waals surface area contributed by atoms with E-state index in [2.05, 4.69) is 24.0 Å². The zero-order valence-corrected chi connectivity index (χ0v) is 12.5. The Labute approximate surface area is 124 Å². The molecule has 0 saturated carbocycles. The normalized spacial score (nSPS) is 18.0. The minimum atomic E-state index is -0.0511. The number of carbonyl (C=O) groups is 1. The van der Waals surface area contributed by atoms with Crippen LogP contribution in [-0.2, 0) is 0 Å². The molecule has 1 aromatic heterocycles. The number of carbonyl (C=O) groups excluding carboxylic acids is 1. The molecule has 21 heavy (non-hydrogen) atoms. The first kappa shape index (κ1) is 15.3. The van der Waals surface area contributed by atoms with Crippen LogP contribution in [0.4, 0.5) is 0 Å². The van der Waals surface area contributed by atoms with E-state index in [0.29, 0.717) is 11.3 Å². The van der Waals surface area contributed by atoms with Gasteiger partial charge in [-0.25, -0.2) is 0 Å². The maximum atomic E-state index is 12.5. The first-order valence-corrected chi connectivity index (χ1v) is 7.28. The summed E-state index contributed by atoms with van der Waals surface area (Å²) >= 11 is 0. The van der Waals surface area contributed by atoms with Gasteiger partial charge >= 0.3 is 0 Å². The van der Waals surface area contributed by atoms with E-state index in [0.717, 1.165) is 32.4 Å². The molecule has 0 bridgehead atoms. The molecule has 0 spiro atoms. The van der Waals surface area contributed by atoms with Gasteiger partial charge in [0, 0.05) is 24.8 Å². The van der Waals surface area contributed by atoms with Gasteiger partial charge in [0.25, 0.3) is 5.91 Å². The summed E-state index contributed by atoms with van der Waals surface area (Å²) in [5.41, 5.74) is 6.62. The van der Waals surface area contributed by atoms with Crippen molar-refractivity contribution in [3.05, 3.63) is 29.6 Å². The van der Waals surface area contributed by atoms with Crippen LogP contribution in [0.1, 0.15) is 49.2 Å². The molecule has 0 radical (unpaired) electrons. The lowest BCUT2D eigenvalue weighted by Crippen LogP contribution is -2.32. The number of hydrogen-bond acceptors (Lipinski definition) is 4. The zero-order chi connectivity index (χ0) is 15.5. The number of hydrogen-bond donors (Lipinski definition) is 2. The minimum absolute atomic E-state index is 0.0151. The van der Waals surface area contributed by atoms with Crippen LogP contribution in [0.25, 0.3) is 0 Å². The molecule has 1 amide bonds. The van der Waals surface area contributed by atoms with Crippen molar-refractivity contribution in [2.75, 3.05) is 13.1 Å². The Hall–Kier alpha value is -2.11. The molecular formula is C15H22N4O2.